The zero-order valence-corrected chi connectivity index (χ0v) is 12.1. The second kappa shape index (κ2) is 6.33. The summed E-state index contributed by atoms with van der Waals surface area (Å²) in [5.41, 5.74) is 2.31. The normalized spacial score (nSPS) is 12.4. The van der Waals surface area contributed by atoms with Gasteiger partial charge in [-0.1, -0.05) is 29.8 Å². The minimum Gasteiger partial charge on any atom is -0.306 e. The van der Waals surface area contributed by atoms with Gasteiger partial charge < -0.3 is 5.32 Å². The first kappa shape index (κ1) is 14.9. The van der Waals surface area contributed by atoms with Crippen molar-refractivity contribution in [3.05, 3.63) is 69.7 Å². The summed E-state index contributed by atoms with van der Waals surface area (Å²) in [6.07, 6.45) is 0. The first-order valence-corrected chi connectivity index (χ1v) is 6.78. The van der Waals surface area contributed by atoms with E-state index < -0.39 is 0 Å². The van der Waals surface area contributed by atoms with E-state index in [1.807, 2.05) is 13.0 Å². The fraction of sp³-hybridized carbons (Fsp3) is 0.250. The Balaban J connectivity index is 2.04. The van der Waals surface area contributed by atoms with E-state index in [1.165, 1.54) is 18.2 Å². The molecule has 0 aliphatic heterocycles. The summed E-state index contributed by atoms with van der Waals surface area (Å²) in [4.78, 5) is 0. The van der Waals surface area contributed by atoms with Gasteiger partial charge in [0.15, 0.2) is 0 Å². The van der Waals surface area contributed by atoms with Crippen LogP contribution in [0.3, 0.4) is 0 Å². The van der Waals surface area contributed by atoms with Crippen LogP contribution < -0.4 is 5.32 Å². The Labute approximate surface area is 122 Å². The van der Waals surface area contributed by atoms with Gasteiger partial charge in [-0.3, -0.25) is 0 Å². The van der Waals surface area contributed by atoms with Gasteiger partial charge >= 0.3 is 0 Å². The molecule has 0 radical (unpaired) electrons. The third-order valence-electron chi connectivity index (χ3n) is 3.31. The molecule has 0 aliphatic rings. The SMILES string of the molecule is Cc1ccc(C(C)NCc2ccc(F)cc2Cl)cc1F. The molecular formula is C16H16ClF2N. The number of nitrogens with one attached hydrogen (secondary N) is 1. The summed E-state index contributed by atoms with van der Waals surface area (Å²) < 4.78 is 26.5. The quantitative estimate of drug-likeness (QED) is 0.856. The summed E-state index contributed by atoms with van der Waals surface area (Å²) >= 11 is 5.96. The molecule has 0 aromatic heterocycles. The molecule has 1 N–H and O–H groups in total. The van der Waals surface area contributed by atoms with Gasteiger partial charge in [-0.25, -0.2) is 8.78 Å². The van der Waals surface area contributed by atoms with Crippen LogP contribution in [0.4, 0.5) is 8.78 Å². The largest absolute Gasteiger partial charge is 0.306 e. The molecule has 0 heterocycles. The van der Waals surface area contributed by atoms with Crippen LogP contribution in [0.2, 0.25) is 5.02 Å². The molecule has 4 heteroatoms. The lowest BCUT2D eigenvalue weighted by molar-refractivity contribution is 0.562. The van der Waals surface area contributed by atoms with Crippen LogP contribution in [0.15, 0.2) is 36.4 Å². The Hall–Kier alpha value is -1.45. The zero-order chi connectivity index (χ0) is 14.7. The molecule has 2 aromatic rings. The maximum Gasteiger partial charge on any atom is 0.126 e. The Morgan fingerprint density at radius 3 is 2.55 bits per heavy atom. The van der Waals surface area contributed by atoms with E-state index in [4.69, 9.17) is 11.6 Å². The molecular weight excluding hydrogens is 280 g/mol. The maximum atomic E-state index is 13.5. The van der Waals surface area contributed by atoms with Crippen molar-refractivity contribution in [3.8, 4) is 0 Å². The highest BCUT2D eigenvalue weighted by molar-refractivity contribution is 6.31. The van der Waals surface area contributed by atoms with E-state index in [0.717, 1.165) is 11.1 Å². The van der Waals surface area contributed by atoms with Gasteiger partial charge in [-0.2, -0.15) is 0 Å². The van der Waals surface area contributed by atoms with Gasteiger partial charge in [0, 0.05) is 17.6 Å². The fourth-order valence-electron chi connectivity index (χ4n) is 1.92. The molecule has 2 aromatic carbocycles. The topological polar surface area (TPSA) is 12.0 Å². The molecule has 1 atom stereocenters. The van der Waals surface area contributed by atoms with Crippen LogP contribution in [-0.2, 0) is 6.54 Å². The third-order valence-corrected chi connectivity index (χ3v) is 3.66. The molecule has 1 nitrogen and oxygen atoms in total. The molecule has 20 heavy (non-hydrogen) atoms. The minimum atomic E-state index is -0.354. The van der Waals surface area contributed by atoms with Gasteiger partial charge in [0.2, 0.25) is 0 Å². The van der Waals surface area contributed by atoms with Crippen molar-refractivity contribution in [1.29, 1.82) is 0 Å². The van der Waals surface area contributed by atoms with E-state index in [1.54, 1.807) is 19.1 Å². The van der Waals surface area contributed by atoms with Crippen molar-refractivity contribution >= 4 is 11.6 Å². The smallest absolute Gasteiger partial charge is 0.126 e. The zero-order valence-electron chi connectivity index (χ0n) is 11.4. The average molecular weight is 296 g/mol. The minimum absolute atomic E-state index is 0.0220. The van der Waals surface area contributed by atoms with Crippen molar-refractivity contribution < 1.29 is 8.78 Å². The van der Waals surface area contributed by atoms with Gasteiger partial charge in [-0.05, 0) is 48.7 Å². The lowest BCUT2D eigenvalue weighted by Crippen LogP contribution is -2.18. The highest BCUT2D eigenvalue weighted by atomic mass is 35.5. The van der Waals surface area contributed by atoms with Crippen LogP contribution in [0.25, 0.3) is 0 Å². The van der Waals surface area contributed by atoms with Crippen molar-refractivity contribution in [3.63, 3.8) is 0 Å². The van der Waals surface area contributed by atoms with Gasteiger partial charge in [0.05, 0.1) is 0 Å². The average Bonchev–Trinajstić information content (AvgIpc) is 2.40. The van der Waals surface area contributed by atoms with Crippen LogP contribution in [0, 0.1) is 18.6 Å². The molecule has 0 bridgehead atoms. The number of hydrogen-bond donors (Lipinski definition) is 1. The third kappa shape index (κ3) is 3.56. The van der Waals surface area contributed by atoms with Gasteiger partial charge in [-0.15, -0.1) is 0 Å². The standard InChI is InChI=1S/C16H16ClF2N/c1-10-3-4-12(7-16(10)19)11(2)20-9-13-5-6-14(18)8-15(13)17/h3-8,11,20H,9H2,1-2H3. The molecule has 2 rings (SSSR count). The maximum absolute atomic E-state index is 13.5. The summed E-state index contributed by atoms with van der Waals surface area (Å²) in [6.45, 7) is 4.17. The summed E-state index contributed by atoms with van der Waals surface area (Å²) in [5, 5.41) is 3.64. The lowest BCUT2D eigenvalue weighted by Gasteiger charge is -2.15. The Morgan fingerprint density at radius 2 is 1.90 bits per heavy atom. The summed E-state index contributed by atoms with van der Waals surface area (Å²) in [5.74, 6) is -0.566. The van der Waals surface area contributed by atoms with Crippen LogP contribution >= 0.6 is 11.6 Å². The molecule has 0 aliphatic carbocycles. The van der Waals surface area contributed by atoms with E-state index in [0.29, 0.717) is 17.1 Å². The van der Waals surface area contributed by atoms with Crippen molar-refractivity contribution in [1.82, 2.24) is 5.32 Å². The predicted octanol–water partition coefficient (Wildman–Crippen LogP) is 4.78. The first-order chi connectivity index (χ1) is 9.47. The molecule has 0 spiro atoms. The second-order valence-corrected chi connectivity index (χ2v) is 5.25. The van der Waals surface area contributed by atoms with Gasteiger partial charge in [0.25, 0.3) is 0 Å². The first-order valence-electron chi connectivity index (χ1n) is 6.40. The predicted molar refractivity (Wildman–Crippen MR) is 77.8 cm³/mol. The van der Waals surface area contributed by atoms with E-state index >= 15 is 0 Å². The van der Waals surface area contributed by atoms with Crippen molar-refractivity contribution in [2.75, 3.05) is 0 Å². The molecule has 0 saturated carbocycles. The monoisotopic (exact) mass is 295 g/mol. The molecule has 0 amide bonds. The van der Waals surface area contributed by atoms with Crippen molar-refractivity contribution in [2.45, 2.75) is 26.4 Å². The highest BCUT2D eigenvalue weighted by Crippen LogP contribution is 2.20. The van der Waals surface area contributed by atoms with E-state index in [2.05, 4.69) is 5.32 Å². The molecule has 106 valence electrons. The number of halogens is 3. The highest BCUT2D eigenvalue weighted by Gasteiger charge is 2.09. The Kier molecular flexibility index (Phi) is 4.73. The second-order valence-electron chi connectivity index (χ2n) is 4.85. The number of benzene rings is 2. The van der Waals surface area contributed by atoms with Crippen LogP contribution in [0.5, 0.6) is 0 Å². The molecule has 1 unspecified atom stereocenters. The Morgan fingerprint density at radius 1 is 1.15 bits per heavy atom. The van der Waals surface area contributed by atoms with Crippen LogP contribution in [0.1, 0.15) is 29.7 Å². The summed E-state index contributed by atoms with van der Waals surface area (Å²) in [7, 11) is 0. The lowest BCUT2D eigenvalue weighted by atomic mass is 10.1. The van der Waals surface area contributed by atoms with Crippen LogP contribution in [-0.4, -0.2) is 0 Å². The molecule has 0 saturated heterocycles. The van der Waals surface area contributed by atoms with Gasteiger partial charge in [0.1, 0.15) is 11.6 Å². The number of rotatable bonds is 4. The number of aryl methyl sites for hydroxylation is 1. The van der Waals surface area contributed by atoms with E-state index in [-0.39, 0.29) is 17.7 Å². The van der Waals surface area contributed by atoms with Crippen molar-refractivity contribution in [2.24, 2.45) is 0 Å². The van der Waals surface area contributed by atoms with E-state index in [9.17, 15) is 8.78 Å². The fourth-order valence-corrected chi connectivity index (χ4v) is 2.16. The number of hydrogen-bond acceptors (Lipinski definition) is 1. The summed E-state index contributed by atoms with van der Waals surface area (Å²) in [6, 6.07) is 9.46. The molecule has 0 fully saturated rings. The Bertz CT molecular complexity index is 613.